The van der Waals surface area contributed by atoms with Crippen LogP contribution in [0.2, 0.25) is 0 Å². The van der Waals surface area contributed by atoms with Crippen molar-refractivity contribution in [1.29, 1.82) is 0 Å². The lowest BCUT2D eigenvalue weighted by atomic mass is 10.1. The van der Waals surface area contributed by atoms with Crippen LogP contribution < -0.4 is 4.72 Å². The van der Waals surface area contributed by atoms with Crippen molar-refractivity contribution in [1.82, 2.24) is 19.5 Å². The summed E-state index contributed by atoms with van der Waals surface area (Å²) >= 11 is 3.29. The first-order chi connectivity index (χ1) is 12.1. The number of nitrogens with one attached hydrogen (secondary N) is 1. The monoisotopic (exact) mass is 381 g/mol. The minimum atomic E-state index is -0.289. The lowest BCUT2D eigenvalue weighted by Crippen LogP contribution is -2.36. The van der Waals surface area contributed by atoms with E-state index in [2.05, 4.69) is 38.6 Å². The number of thiazole rings is 1. The topological polar surface area (TPSA) is 70.1 Å². The highest BCUT2D eigenvalue weighted by Gasteiger charge is 2.37. The van der Waals surface area contributed by atoms with Crippen molar-refractivity contribution in [2.45, 2.75) is 12.5 Å². The lowest BCUT2D eigenvalue weighted by Gasteiger charge is -2.26. The molecule has 1 saturated heterocycles. The minimum absolute atomic E-state index is 0.269. The van der Waals surface area contributed by atoms with Gasteiger partial charge in [0.2, 0.25) is 0 Å². The number of aliphatic imine (C=N–C) groups is 1. The Balaban J connectivity index is 1.73. The largest absolute Gasteiger partial charge is 0.466 e. The van der Waals surface area contributed by atoms with E-state index in [0.717, 1.165) is 41.8 Å². The number of nitrogens with zero attached hydrogens (tertiary/aromatic N) is 4. The molecule has 3 rings (SSSR count). The SMILES string of the molecule is COC(=O)C1=C2C[C@H](NSCCN(C)C)CN2C(c2nccs2)=NC1. The number of methoxy groups -OCH3 is 1. The molecule has 3 heterocycles. The molecule has 0 saturated carbocycles. The maximum Gasteiger partial charge on any atom is 0.337 e. The molecule has 0 spiro atoms. The van der Waals surface area contributed by atoms with Gasteiger partial charge in [0.25, 0.3) is 0 Å². The number of carbonyl (C=O) groups is 1. The molecule has 0 unspecified atom stereocenters. The Morgan fingerprint density at radius 2 is 2.40 bits per heavy atom. The van der Waals surface area contributed by atoms with Gasteiger partial charge in [0.15, 0.2) is 10.8 Å². The molecule has 0 amide bonds. The molecule has 2 aliphatic rings. The standard InChI is InChI=1S/C16H23N5O2S2/c1-20(2)5-7-25-19-11-8-13-12(16(22)23-3)9-18-14(21(13)10-11)15-17-4-6-24-15/h4,6,11,19H,5,7-10H2,1-3H3/t11-/m0/s1. The van der Waals surface area contributed by atoms with Crippen molar-refractivity contribution < 1.29 is 9.53 Å². The maximum absolute atomic E-state index is 12.1. The van der Waals surface area contributed by atoms with Crippen LogP contribution in [0, 0.1) is 0 Å². The van der Waals surface area contributed by atoms with Crippen LogP contribution in [0.3, 0.4) is 0 Å². The zero-order valence-corrected chi connectivity index (χ0v) is 16.3. The van der Waals surface area contributed by atoms with E-state index in [9.17, 15) is 4.79 Å². The van der Waals surface area contributed by atoms with E-state index in [1.807, 2.05) is 5.38 Å². The highest BCUT2D eigenvalue weighted by molar-refractivity contribution is 7.97. The number of ether oxygens (including phenoxy) is 1. The number of esters is 1. The third-order valence-electron chi connectivity index (χ3n) is 4.11. The molecule has 0 radical (unpaired) electrons. The number of hydrogen-bond donors (Lipinski definition) is 1. The summed E-state index contributed by atoms with van der Waals surface area (Å²) in [4.78, 5) is 25.4. The van der Waals surface area contributed by atoms with E-state index in [4.69, 9.17) is 4.74 Å². The molecule has 1 atom stereocenters. The molecule has 9 heteroatoms. The molecule has 0 bridgehead atoms. The van der Waals surface area contributed by atoms with Gasteiger partial charge in [-0.05, 0) is 14.1 Å². The highest BCUT2D eigenvalue weighted by atomic mass is 32.2. The fourth-order valence-electron chi connectivity index (χ4n) is 2.88. The van der Waals surface area contributed by atoms with Gasteiger partial charge in [0, 0.05) is 48.6 Å². The van der Waals surface area contributed by atoms with E-state index >= 15 is 0 Å². The summed E-state index contributed by atoms with van der Waals surface area (Å²) in [6.45, 7) is 2.16. The Morgan fingerprint density at radius 1 is 1.56 bits per heavy atom. The number of carbonyl (C=O) groups excluding carboxylic acids is 1. The first-order valence-electron chi connectivity index (χ1n) is 8.14. The Morgan fingerprint density at radius 3 is 3.08 bits per heavy atom. The van der Waals surface area contributed by atoms with Gasteiger partial charge in [-0.25, -0.2) is 9.78 Å². The second-order valence-electron chi connectivity index (χ2n) is 6.18. The van der Waals surface area contributed by atoms with Crippen LogP contribution >= 0.6 is 23.3 Å². The molecular weight excluding hydrogens is 358 g/mol. The van der Waals surface area contributed by atoms with Crippen molar-refractivity contribution in [3.63, 3.8) is 0 Å². The van der Waals surface area contributed by atoms with Crippen molar-refractivity contribution in [2.75, 3.05) is 46.6 Å². The van der Waals surface area contributed by atoms with Crippen LogP contribution in [0.15, 0.2) is 27.8 Å². The minimum Gasteiger partial charge on any atom is -0.466 e. The number of amidine groups is 1. The van der Waals surface area contributed by atoms with E-state index < -0.39 is 0 Å². The summed E-state index contributed by atoms with van der Waals surface area (Å²) in [5.74, 6) is 1.59. The molecular formula is C16H23N5O2S2. The molecule has 0 aliphatic carbocycles. The molecule has 25 heavy (non-hydrogen) atoms. The second kappa shape index (κ2) is 8.31. The number of hydrogen-bond acceptors (Lipinski definition) is 9. The maximum atomic E-state index is 12.1. The van der Waals surface area contributed by atoms with Gasteiger partial charge in [0.1, 0.15) is 0 Å². The van der Waals surface area contributed by atoms with Gasteiger partial charge >= 0.3 is 5.97 Å². The molecule has 7 nitrogen and oxygen atoms in total. The van der Waals surface area contributed by atoms with Gasteiger partial charge in [-0.2, -0.15) is 0 Å². The summed E-state index contributed by atoms with van der Waals surface area (Å²) < 4.78 is 8.47. The molecule has 0 aromatic carbocycles. The quantitative estimate of drug-likeness (QED) is 0.432. The van der Waals surface area contributed by atoms with Crippen LogP contribution in [0.5, 0.6) is 0 Å². The predicted molar refractivity (Wildman–Crippen MR) is 102 cm³/mol. The molecule has 136 valence electrons. The zero-order valence-electron chi connectivity index (χ0n) is 14.7. The first-order valence-corrected chi connectivity index (χ1v) is 10.0. The number of rotatable bonds is 7. The van der Waals surface area contributed by atoms with Crippen LogP contribution in [0.1, 0.15) is 11.4 Å². The molecule has 1 aromatic rings. The Bertz CT molecular complexity index is 672. The first kappa shape index (κ1) is 18.4. The van der Waals surface area contributed by atoms with Crippen LogP contribution in [0.4, 0.5) is 0 Å². The van der Waals surface area contributed by atoms with Crippen molar-refractivity contribution >= 4 is 35.1 Å². The van der Waals surface area contributed by atoms with Crippen LogP contribution in [-0.2, 0) is 9.53 Å². The van der Waals surface area contributed by atoms with E-state index in [1.165, 1.54) is 7.11 Å². The summed E-state index contributed by atoms with van der Waals surface area (Å²) in [6.07, 6.45) is 2.58. The number of aromatic nitrogens is 1. The van der Waals surface area contributed by atoms with Crippen molar-refractivity contribution in [3.8, 4) is 0 Å². The Kier molecular flexibility index (Phi) is 6.10. The molecule has 1 aromatic heterocycles. The third kappa shape index (κ3) is 4.22. The summed E-state index contributed by atoms with van der Waals surface area (Å²) in [5, 5.41) is 2.84. The van der Waals surface area contributed by atoms with Crippen LogP contribution in [0.25, 0.3) is 0 Å². The average Bonchev–Trinajstić information content (AvgIpc) is 3.26. The normalized spacial score (nSPS) is 20.1. The molecule has 1 fully saturated rings. The smallest absolute Gasteiger partial charge is 0.337 e. The van der Waals surface area contributed by atoms with Gasteiger partial charge in [-0.1, -0.05) is 11.9 Å². The summed E-state index contributed by atoms with van der Waals surface area (Å²) in [7, 11) is 5.56. The summed E-state index contributed by atoms with van der Waals surface area (Å²) in [5.41, 5.74) is 1.67. The second-order valence-corrected chi connectivity index (χ2v) is 8.00. The molecule has 2 aliphatic heterocycles. The van der Waals surface area contributed by atoms with E-state index in [1.54, 1.807) is 29.5 Å². The fraction of sp³-hybridized carbons (Fsp3) is 0.562. The molecule has 1 N–H and O–H groups in total. The third-order valence-corrected chi connectivity index (χ3v) is 5.76. The highest BCUT2D eigenvalue weighted by Crippen LogP contribution is 2.32. The Hall–Kier alpha value is -1.42. The van der Waals surface area contributed by atoms with Gasteiger partial charge in [0.05, 0.1) is 19.2 Å². The Labute approximate surface area is 156 Å². The zero-order chi connectivity index (χ0) is 17.8. The summed E-state index contributed by atoms with van der Waals surface area (Å²) in [6, 6.07) is 0.269. The van der Waals surface area contributed by atoms with Crippen LogP contribution in [-0.4, -0.2) is 79.2 Å². The van der Waals surface area contributed by atoms with Gasteiger partial charge in [-0.3, -0.25) is 9.71 Å². The average molecular weight is 382 g/mol. The van der Waals surface area contributed by atoms with E-state index in [0.29, 0.717) is 12.1 Å². The van der Waals surface area contributed by atoms with E-state index in [-0.39, 0.29) is 12.0 Å². The predicted octanol–water partition coefficient (Wildman–Crippen LogP) is 1.20. The van der Waals surface area contributed by atoms with Crippen molar-refractivity contribution in [3.05, 3.63) is 27.9 Å². The van der Waals surface area contributed by atoms with Crippen molar-refractivity contribution in [2.24, 2.45) is 4.99 Å². The van der Waals surface area contributed by atoms with Gasteiger partial charge in [-0.15, -0.1) is 11.3 Å². The fourth-order valence-corrected chi connectivity index (χ4v) is 4.50. The van der Waals surface area contributed by atoms with Gasteiger partial charge < -0.3 is 14.5 Å². The lowest BCUT2D eigenvalue weighted by molar-refractivity contribution is -0.136. The number of fused-ring (bicyclic) bond motifs is 1.